The molecule has 158 valence electrons. The van der Waals surface area contributed by atoms with Gasteiger partial charge >= 0.3 is 0 Å². The number of aryl methyl sites for hydroxylation is 1. The van der Waals surface area contributed by atoms with Gasteiger partial charge < -0.3 is 15.4 Å². The van der Waals surface area contributed by atoms with Crippen LogP contribution in [-0.2, 0) is 11.3 Å². The summed E-state index contributed by atoms with van der Waals surface area (Å²) in [5.41, 5.74) is 1.77. The van der Waals surface area contributed by atoms with Crippen molar-refractivity contribution in [3.05, 3.63) is 44.7 Å². The van der Waals surface area contributed by atoms with Crippen LogP contribution in [0.4, 0.5) is 0 Å². The van der Waals surface area contributed by atoms with Gasteiger partial charge in [-0.25, -0.2) is 4.68 Å². The summed E-state index contributed by atoms with van der Waals surface area (Å²) in [5, 5.41) is 18.8. The Hall–Kier alpha value is -2.80. The predicted molar refractivity (Wildman–Crippen MR) is 117 cm³/mol. The Bertz CT molecular complexity index is 1220. The zero-order valence-corrected chi connectivity index (χ0v) is 18.2. The van der Waals surface area contributed by atoms with Crippen LogP contribution in [0.5, 0.6) is 5.75 Å². The van der Waals surface area contributed by atoms with Crippen molar-refractivity contribution in [1.82, 2.24) is 20.1 Å². The number of nitrogens with zero attached hydrogens (tertiary/aromatic N) is 2. The van der Waals surface area contributed by atoms with Crippen molar-refractivity contribution >= 4 is 28.5 Å². The second-order valence-electron chi connectivity index (χ2n) is 8.91. The van der Waals surface area contributed by atoms with Gasteiger partial charge in [0.05, 0.1) is 27.8 Å². The molecule has 2 aromatic heterocycles. The van der Waals surface area contributed by atoms with Crippen molar-refractivity contribution in [3.8, 4) is 17.0 Å². The van der Waals surface area contributed by atoms with E-state index in [0.717, 1.165) is 18.4 Å². The molecule has 1 fully saturated rings. The maximum Gasteiger partial charge on any atom is 0.235 e. The van der Waals surface area contributed by atoms with E-state index in [2.05, 4.69) is 15.4 Å². The number of amides is 1. The molecule has 7 nitrogen and oxygen atoms in total. The number of hydrogen-bond acceptors (Lipinski definition) is 4. The number of nitrogens with one attached hydrogen (secondary N) is 2. The van der Waals surface area contributed by atoms with Gasteiger partial charge in [0, 0.05) is 17.5 Å². The summed E-state index contributed by atoms with van der Waals surface area (Å²) in [6.45, 7) is 7.61. The average Bonchev–Trinajstić information content (AvgIpc) is 3.46. The topological polar surface area (TPSA) is 100 Å². The fraction of sp³-hybridized carbons (Fsp3) is 0.409. The van der Waals surface area contributed by atoms with E-state index in [0.29, 0.717) is 33.9 Å². The van der Waals surface area contributed by atoms with E-state index in [1.807, 2.05) is 25.5 Å². The number of carbonyl (C=O) groups excluding carboxylic acids is 1. The van der Waals surface area contributed by atoms with E-state index in [-0.39, 0.29) is 17.6 Å². The Morgan fingerprint density at radius 1 is 1.37 bits per heavy atom. The average molecular weight is 429 g/mol. The largest absolute Gasteiger partial charge is 0.503 e. The molecule has 0 unspecified atom stereocenters. The highest BCUT2D eigenvalue weighted by atomic mass is 35.5. The van der Waals surface area contributed by atoms with Crippen molar-refractivity contribution < 1.29 is 9.90 Å². The van der Waals surface area contributed by atoms with Gasteiger partial charge in [-0.05, 0) is 37.5 Å². The number of halogens is 1. The number of hydrogen-bond donors (Lipinski definition) is 3. The normalized spacial score (nSPS) is 14.3. The van der Waals surface area contributed by atoms with E-state index >= 15 is 0 Å². The molecular weight excluding hydrogens is 404 g/mol. The molecule has 8 heteroatoms. The first-order valence-corrected chi connectivity index (χ1v) is 10.4. The molecule has 1 amide bonds. The molecule has 3 N–H and O–H groups in total. The number of aromatic nitrogens is 3. The molecule has 0 radical (unpaired) electrons. The molecule has 1 aliphatic rings. The van der Waals surface area contributed by atoms with Crippen LogP contribution >= 0.6 is 11.6 Å². The first-order valence-electron chi connectivity index (χ1n) is 9.99. The Labute approximate surface area is 179 Å². The van der Waals surface area contributed by atoms with Crippen LogP contribution in [0.3, 0.4) is 0 Å². The summed E-state index contributed by atoms with van der Waals surface area (Å²) in [5.74, 6) is -0.459. The number of fused-ring (bicyclic) bond motifs is 1. The lowest BCUT2D eigenvalue weighted by atomic mass is 9.95. The number of benzene rings is 1. The summed E-state index contributed by atoms with van der Waals surface area (Å²) in [6.07, 6.45) is 2.02. The highest BCUT2D eigenvalue weighted by Crippen LogP contribution is 2.38. The van der Waals surface area contributed by atoms with Gasteiger partial charge in [0.15, 0.2) is 5.75 Å². The van der Waals surface area contributed by atoms with Crippen LogP contribution in [0.25, 0.3) is 22.3 Å². The fourth-order valence-electron chi connectivity index (χ4n) is 3.45. The molecule has 1 aliphatic carbocycles. The summed E-state index contributed by atoms with van der Waals surface area (Å²) in [6, 6.07) is 5.54. The minimum absolute atomic E-state index is 0.0690. The van der Waals surface area contributed by atoms with E-state index in [1.54, 1.807) is 25.1 Å². The van der Waals surface area contributed by atoms with Crippen molar-refractivity contribution in [2.45, 2.75) is 53.1 Å². The van der Waals surface area contributed by atoms with Gasteiger partial charge in [0.25, 0.3) is 0 Å². The first kappa shape index (κ1) is 20.5. The van der Waals surface area contributed by atoms with Crippen molar-refractivity contribution in [2.24, 2.45) is 5.41 Å². The minimum Gasteiger partial charge on any atom is -0.503 e. The molecule has 0 saturated heterocycles. The molecule has 0 atom stereocenters. The van der Waals surface area contributed by atoms with Crippen molar-refractivity contribution in [1.29, 1.82) is 0 Å². The van der Waals surface area contributed by atoms with Gasteiger partial charge in [-0.15, -0.1) is 0 Å². The quantitative estimate of drug-likeness (QED) is 0.583. The van der Waals surface area contributed by atoms with Gasteiger partial charge in [-0.3, -0.25) is 9.59 Å². The Kier molecular flexibility index (Phi) is 4.89. The summed E-state index contributed by atoms with van der Waals surface area (Å²) >= 11 is 6.42. The summed E-state index contributed by atoms with van der Waals surface area (Å²) < 4.78 is 1.83. The number of pyridine rings is 1. The molecule has 1 saturated carbocycles. The van der Waals surface area contributed by atoms with E-state index in [1.165, 1.54) is 0 Å². The zero-order valence-electron chi connectivity index (χ0n) is 17.5. The second-order valence-corrected chi connectivity index (χ2v) is 9.32. The molecule has 30 heavy (non-hydrogen) atoms. The number of aromatic amines is 1. The summed E-state index contributed by atoms with van der Waals surface area (Å²) in [4.78, 5) is 28.3. The smallest absolute Gasteiger partial charge is 0.235 e. The zero-order chi connectivity index (χ0) is 21.8. The Balaban J connectivity index is 1.78. The first-order chi connectivity index (χ1) is 14.1. The van der Waals surface area contributed by atoms with Crippen LogP contribution in [0.15, 0.2) is 23.0 Å². The monoisotopic (exact) mass is 428 g/mol. The number of rotatable bonds is 4. The van der Waals surface area contributed by atoms with E-state index in [9.17, 15) is 14.7 Å². The molecular formula is C22H25ClN4O3. The maximum atomic E-state index is 12.9. The predicted octanol–water partition coefficient (Wildman–Crippen LogP) is 4.06. The Morgan fingerprint density at radius 3 is 2.70 bits per heavy atom. The van der Waals surface area contributed by atoms with Gasteiger partial charge in [-0.1, -0.05) is 38.4 Å². The molecule has 0 bridgehead atoms. The number of carbonyl (C=O) groups is 1. The minimum atomic E-state index is -0.497. The van der Waals surface area contributed by atoms with Gasteiger partial charge in [0.1, 0.15) is 5.65 Å². The Morgan fingerprint density at radius 2 is 2.07 bits per heavy atom. The fourth-order valence-corrected chi connectivity index (χ4v) is 3.66. The number of H-pyrrole nitrogens is 1. The number of aromatic hydroxyl groups is 1. The molecule has 4 rings (SSSR count). The van der Waals surface area contributed by atoms with E-state index < -0.39 is 16.6 Å². The highest BCUT2D eigenvalue weighted by molar-refractivity contribution is 6.33. The van der Waals surface area contributed by atoms with Crippen LogP contribution in [0.1, 0.15) is 50.9 Å². The lowest BCUT2D eigenvalue weighted by molar-refractivity contribution is -0.128. The molecule has 1 aromatic carbocycles. The lowest BCUT2D eigenvalue weighted by Crippen LogP contribution is -2.34. The van der Waals surface area contributed by atoms with Crippen LogP contribution in [0, 0.1) is 12.3 Å². The summed E-state index contributed by atoms with van der Waals surface area (Å²) in [7, 11) is 0. The van der Waals surface area contributed by atoms with Crippen molar-refractivity contribution in [3.63, 3.8) is 0 Å². The van der Waals surface area contributed by atoms with Gasteiger partial charge in [0.2, 0.25) is 11.3 Å². The standard InChI is InChI=1S/C22H25ClN4O3/c1-11-16-18(28)19(29)17(25-20(16)27(26-11)13-6-7-13)14-9-12(5-8-15(14)23)10-24-21(30)22(2,3)4/h5,8-9,13,29H,6-7,10H2,1-4H3,(H,24,30)(H,25,28). The molecule has 2 heterocycles. The van der Waals surface area contributed by atoms with E-state index in [4.69, 9.17) is 11.6 Å². The van der Waals surface area contributed by atoms with Crippen LogP contribution < -0.4 is 10.7 Å². The second kappa shape index (κ2) is 7.16. The molecule has 0 spiro atoms. The van der Waals surface area contributed by atoms with Crippen LogP contribution in [-0.4, -0.2) is 25.8 Å². The third-order valence-electron chi connectivity index (χ3n) is 5.33. The molecule has 0 aliphatic heterocycles. The third-order valence-corrected chi connectivity index (χ3v) is 5.66. The maximum absolute atomic E-state index is 12.9. The lowest BCUT2D eigenvalue weighted by Gasteiger charge is -2.18. The third kappa shape index (κ3) is 3.58. The van der Waals surface area contributed by atoms with Gasteiger partial charge in [-0.2, -0.15) is 5.10 Å². The van der Waals surface area contributed by atoms with Crippen LogP contribution in [0.2, 0.25) is 5.02 Å². The SMILES string of the molecule is Cc1nn(C2CC2)c2[nH]c(-c3cc(CNC(=O)C(C)(C)C)ccc3Cl)c(O)c(=O)c12. The highest BCUT2D eigenvalue weighted by Gasteiger charge is 2.29. The van der Waals surface area contributed by atoms with Crippen molar-refractivity contribution in [2.75, 3.05) is 0 Å². The molecule has 3 aromatic rings.